The molecule has 0 radical (unpaired) electrons. The summed E-state index contributed by atoms with van der Waals surface area (Å²) in [4.78, 5) is 4.48. The van der Waals surface area contributed by atoms with E-state index in [0.717, 1.165) is 29.9 Å². The van der Waals surface area contributed by atoms with E-state index < -0.39 is 0 Å². The maximum atomic E-state index is 8.84. The maximum absolute atomic E-state index is 8.84. The van der Waals surface area contributed by atoms with Gasteiger partial charge in [-0.2, -0.15) is 5.26 Å². The van der Waals surface area contributed by atoms with Gasteiger partial charge in [0.05, 0.1) is 22.7 Å². The fraction of sp³-hybridized carbons (Fsp3) is 0.385. The molecule has 0 aliphatic heterocycles. The van der Waals surface area contributed by atoms with E-state index in [-0.39, 0.29) is 0 Å². The molecule has 1 aromatic carbocycles. The summed E-state index contributed by atoms with van der Waals surface area (Å²) in [5, 5.41) is 8.84. The zero-order valence-corrected chi connectivity index (χ0v) is 10.1. The average Bonchev–Trinajstić information content (AvgIpc) is 2.66. The quantitative estimate of drug-likeness (QED) is 0.756. The topological polar surface area (TPSA) is 50.8 Å². The minimum atomic E-state index is 0.515. The van der Waals surface area contributed by atoms with Crippen LogP contribution in [0.25, 0.3) is 11.0 Å². The van der Waals surface area contributed by atoms with Crippen LogP contribution in [0.2, 0.25) is 0 Å². The van der Waals surface area contributed by atoms with Gasteiger partial charge in [-0.25, -0.2) is 4.98 Å². The van der Waals surface area contributed by atoms with E-state index in [1.807, 2.05) is 17.7 Å². The summed E-state index contributed by atoms with van der Waals surface area (Å²) in [6.07, 6.45) is 1.00. The second kappa shape index (κ2) is 4.98. The van der Waals surface area contributed by atoms with Crippen LogP contribution in [0.15, 0.2) is 18.2 Å². The molecule has 4 heteroatoms. The van der Waals surface area contributed by atoms with Crippen molar-refractivity contribution in [2.24, 2.45) is 7.05 Å². The van der Waals surface area contributed by atoms with Gasteiger partial charge in [0.2, 0.25) is 0 Å². The third-order valence-electron chi connectivity index (χ3n) is 2.68. The van der Waals surface area contributed by atoms with Crippen LogP contribution in [0.3, 0.4) is 0 Å². The highest BCUT2D eigenvalue weighted by Crippen LogP contribution is 2.17. The van der Waals surface area contributed by atoms with Gasteiger partial charge < -0.3 is 9.30 Å². The van der Waals surface area contributed by atoms with Crippen molar-refractivity contribution in [1.82, 2.24) is 9.55 Å². The predicted molar refractivity (Wildman–Crippen MR) is 65.4 cm³/mol. The third-order valence-corrected chi connectivity index (χ3v) is 2.68. The monoisotopic (exact) mass is 229 g/mol. The predicted octanol–water partition coefficient (Wildman–Crippen LogP) is 2.37. The van der Waals surface area contributed by atoms with Gasteiger partial charge in [0.1, 0.15) is 12.4 Å². The van der Waals surface area contributed by atoms with Crippen LogP contribution in [-0.2, 0) is 18.4 Å². The fourth-order valence-corrected chi connectivity index (χ4v) is 1.76. The number of fused-ring (bicyclic) bond motifs is 1. The fourth-order valence-electron chi connectivity index (χ4n) is 1.76. The summed E-state index contributed by atoms with van der Waals surface area (Å²) in [5.41, 5.74) is 2.51. The molecule has 2 aromatic rings. The molecular weight excluding hydrogens is 214 g/mol. The average molecular weight is 229 g/mol. The van der Waals surface area contributed by atoms with Gasteiger partial charge in [0.25, 0.3) is 0 Å². The van der Waals surface area contributed by atoms with E-state index in [4.69, 9.17) is 10.00 Å². The van der Waals surface area contributed by atoms with Crippen LogP contribution in [0.4, 0.5) is 0 Å². The van der Waals surface area contributed by atoms with Crippen molar-refractivity contribution in [3.05, 3.63) is 29.6 Å². The molecule has 0 aliphatic carbocycles. The summed E-state index contributed by atoms with van der Waals surface area (Å²) < 4.78 is 7.49. The van der Waals surface area contributed by atoms with E-state index in [1.165, 1.54) is 0 Å². The molecule has 0 bridgehead atoms. The van der Waals surface area contributed by atoms with E-state index in [1.54, 1.807) is 12.1 Å². The number of hydrogen-bond acceptors (Lipinski definition) is 3. The van der Waals surface area contributed by atoms with Crippen LogP contribution in [0.5, 0.6) is 0 Å². The third kappa shape index (κ3) is 2.29. The molecule has 17 heavy (non-hydrogen) atoms. The Hall–Kier alpha value is -1.86. The lowest BCUT2D eigenvalue weighted by molar-refractivity contribution is 0.114. The van der Waals surface area contributed by atoms with E-state index >= 15 is 0 Å². The van der Waals surface area contributed by atoms with Crippen molar-refractivity contribution in [1.29, 1.82) is 5.26 Å². The Labute approximate surface area is 100 Å². The number of benzene rings is 1. The Morgan fingerprint density at radius 2 is 2.29 bits per heavy atom. The van der Waals surface area contributed by atoms with E-state index in [0.29, 0.717) is 12.2 Å². The molecule has 0 aliphatic rings. The smallest absolute Gasteiger partial charge is 0.135 e. The molecule has 0 amide bonds. The SMILES string of the molecule is CCCOCc1nc2cc(C#N)ccc2n1C. The largest absolute Gasteiger partial charge is 0.374 e. The molecule has 4 nitrogen and oxygen atoms in total. The second-order valence-electron chi connectivity index (χ2n) is 3.95. The molecular formula is C13H15N3O. The zero-order chi connectivity index (χ0) is 12.3. The Bertz CT molecular complexity index is 566. The van der Waals surface area contributed by atoms with Crippen LogP contribution in [-0.4, -0.2) is 16.2 Å². The van der Waals surface area contributed by atoms with Crippen LogP contribution in [0.1, 0.15) is 24.7 Å². The Morgan fingerprint density at radius 3 is 3.00 bits per heavy atom. The number of aromatic nitrogens is 2. The summed E-state index contributed by atoms with van der Waals surface area (Å²) in [6.45, 7) is 3.33. The number of aryl methyl sites for hydroxylation is 1. The van der Waals surface area contributed by atoms with Crippen LogP contribution < -0.4 is 0 Å². The lowest BCUT2D eigenvalue weighted by Crippen LogP contribution is -2.01. The Kier molecular flexibility index (Phi) is 3.40. The van der Waals surface area contributed by atoms with Crippen LogP contribution >= 0.6 is 0 Å². The van der Waals surface area contributed by atoms with Crippen molar-refractivity contribution in [2.45, 2.75) is 20.0 Å². The maximum Gasteiger partial charge on any atom is 0.135 e. The van der Waals surface area contributed by atoms with Crippen molar-refractivity contribution in [3.8, 4) is 6.07 Å². The highest BCUT2D eigenvalue weighted by Gasteiger charge is 2.08. The summed E-state index contributed by atoms with van der Waals surface area (Å²) in [6, 6.07) is 7.65. The van der Waals surface area contributed by atoms with Gasteiger partial charge in [-0.1, -0.05) is 6.92 Å². The molecule has 0 N–H and O–H groups in total. The van der Waals surface area contributed by atoms with E-state index in [2.05, 4.69) is 18.0 Å². The lowest BCUT2D eigenvalue weighted by atomic mass is 10.2. The minimum Gasteiger partial charge on any atom is -0.374 e. The number of imidazole rings is 1. The number of nitriles is 1. The lowest BCUT2D eigenvalue weighted by Gasteiger charge is -2.02. The first kappa shape index (κ1) is 11.6. The van der Waals surface area contributed by atoms with Crippen molar-refractivity contribution < 1.29 is 4.74 Å². The highest BCUT2D eigenvalue weighted by molar-refractivity contribution is 5.77. The Morgan fingerprint density at radius 1 is 1.47 bits per heavy atom. The van der Waals surface area contributed by atoms with Gasteiger partial charge in [-0.15, -0.1) is 0 Å². The summed E-state index contributed by atoms with van der Waals surface area (Å²) in [5.74, 6) is 0.892. The van der Waals surface area contributed by atoms with Gasteiger partial charge in [-0.3, -0.25) is 0 Å². The molecule has 0 saturated heterocycles. The van der Waals surface area contributed by atoms with Crippen molar-refractivity contribution in [2.75, 3.05) is 6.61 Å². The molecule has 2 rings (SSSR count). The van der Waals surface area contributed by atoms with E-state index in [9.17, 15) is 0 Å². The molecule has 0 atom stereocenters. The number of nitrogens with zero attached hydrogens (tertiary/aromatic N) is 3. The first-order chi connectivity index (χ1) is 8.26. The molecule has 0 saturated carbocycles. The molecule has 1 heterocycles. The van der Waals surface area contributed by atoms with Gasteiger partial charge in [0, 0.05) is 13.7 Å². The zero-order valence-electron chi connectivity index (χ0n) is 10.1. The molecule has 0 spiro atoms. The molecule has 0 unspecified atom stereocenters. The molecule has 0 fully saturated rings. The first-order valence-electron chi connectivity index (χ1n) is 5.69. The van der Waals surface area contributed by atoms with Gasteiger partial charge >= 0.3 is 0 Å². The highest BCUT2D eigenvalue weighted by atomic mass is 16.5. The minimum absolute atomic E-state index is 0.515. The molecule has 1 aromatic heterocycles. The van der Waals surface area contributed by atoms with Crippen LogP contribution in [0, 0.1) is 11.3 Å². The Balaban J connectivity index is 2.32. The normalized spacial score (nSPS) is 10.6. The van der Waals surface area contributed by atoms with Crippen molar-refractivity contribution in [3.63, 3.8) is 0 Å². The number of ether oxygens (including phenoxy) is 1. The first-order valence-corrected chi connectivity index (χ1v) is 5.69. The standard InChI is InChI=1S/C13H15N3O/c1-3-6-17-9-13-15-11-7-10(8-14)4-5-12(11)16(13)2/h4-5,7H,3,6,9H2,1-2H3. The van der Waals surface area contributed by atoms with Crippen molar-refractivity contribution >= 4 is 11.0 Å². The second-order valence-corrected chi connectivity index (χ2v) is 3.95. The number of hydrogen-bond donors (Lipinski definition) is 0. The van der Waals surface area contributed by atoms with Gasteiger partial charge in [0.15, 0.2) is 0 Å². The van der Waals surface area contributed by atoms with Gasteiger partial charge in [-0.05, 0) is 24.6 Å². The summed E-state index contributed by atoms with van der Waals surface area (Å²) >= 11 is 0. The summed E-state index contributed by atoms with van der Waals surface area (Å²) in [7, 11) is 1.96. The molecule has 88 valence electrons. The number of rotatable bonds is 4.